The number of aryl methyl sites for hydroxylation is 1. The van der Waals surface area contributed by atoms with E-state index in [2.05, 4.69) is 4.98 Å². The molecule has 0 aliphatic carbocycles. The molecule has 11 heteroatoms. The van der Waals surface area contributed by atoms with Crippen molar-refractivity contribution in [1.29, 1.82) is 0 Å². The Hall–Kier alpha value is -2.79. The lowest BCUT2D eigenvalue weighted by molar-refractivity contribution is -0.384. The van der Waals surface area contributed by atoms with Gasteiger partial charge >= 0.3 is 5.69 Å². The average molecular weight is 435 g/mol. The van der Waals surface area contributed by atoms with Gasteiger partial charge < -0.3 is 0 Å². The monoisotopic (exact) mass is 435 g/mol. The van der Waals surface area contributed by atoms with Crippen molar-refractivity contribution < 1.29 is 13.3 Å². The summed E-state index contributed by atoms with van der Waals surface area (Å²) < 4.78 is 24.5. The van der Waals surface area contributed by atoms with E-state index in [0.717, 1.165) is 9.44 Å². The first-order valence-corrected chi connectivity index (χ1v) is 11.5. The van der Waals surface area contributed by atoms with E-state index in [0.29, 0.717) is 21.3 Å². The van der Waals surface area contributed by atoms with Gasteiger partial charge in [0.1, 0.15) is 14.7 Å². The summed E-state index contributed by atoms with van der Waals surface area (Å²) in [5.41, 5.74) is 0.371. The molecule has 0 bridgehead atoms. The Kier molecular flexibility index (Phi) is 4.66. The summed E-state index contributed by atoms with van der Waals surface area (Å²) in [5, 5.41) is 11.2. The number of thiophene rings is 1. The number of benzene rings is 1. The van der Waals surface area contributed by atoms with Crippen LogP contribution in [0.1, 0.15) is 24.4 Å². The van der Waals surface area contributed by atoms with Gasteiger partial charge in [0.15, 0.2) is 0 Å². The first-order valence-electron chi connectivity index (χ1n) is 8.91. The normalized spacial score (nSPS) is 16.9. The molecule has 152 valence electrons. The Balaban J connectivity index is 1.83. The molecule has 0 atom stereocenters. The van der Waals surface area contributed by atoms with E-state index in [9.17, 15) is 28.1 Å². The van der Waals surface area contributed by atoms with Crippen LogP contribution in [0.2, 0.25) is 0 Å². The lowest BCUT2D eigenvalue weighted by Crippen LogP contribution is -2.40. The summed E-state index contributed by atoms with van der Waals surface area (Å²) in [6.45, 7) is 1.77. The number of aromatic amines is 1. The smallest absolute Gasteiger partial charge is 0.298 e. The van der Waals surface area contributed by atoms with Gasteiger partial charge in [-0.2, -0.15) is 0 Å². The number of nitrogens with one attached hydrogen (secondary N) is 1. The summed E-state index contributed by atoms with van der Waals surface area (Å²) in [6.07, 6.45) is 0.463. The molecule has 2 aromatic heterocycles. The molecule has 3 heterocycles. The first kappa shape index (κ1) is 19.5. The van der Waals surface area contributed by atoms with Gasteiger partial charge in [-0.3, -0.25) is 24.5 Å². The van der Waals surface area contributed by atoms with Gasteiger partial charge in [-0.15, -0.1) is 11.3 Å². The van der Waals surface area contributed by atoms with Crippen LogP contribution in [-0.2, 0) is 9.84 Å². The van der Waals surface area contributed by atoms with Crippen LogP contribution in [-0.4, -0.2) is 34.4 Å². The number of non-ortho nitro benzene ring substituents is 1. The molecule has 1 fully saturated rings. The summed E-state index contributed by atoms with van der Waals surface area (Å²) in [4.78, 5) is 40.0. The second-order valence-electron chi connectivity index (χ2n) is 7.05. The molecule has 1 N–H and O–H groups in total. The van der Waals surface area contributed by atoms with Gasteiger partial charge in [-0.1, -0.05) is 0 Å². The van der Waals surface area contributed by atoms with E-state index in [1.165, 1.54) is 23.5 Å². The summed E-state index contributed by atoms with van der Waals surface area (Å²) in [7, 11) is -3.12. The topological polar surface area (TPSA) is 132 Å². The average Bonchev–Trinajstić information content (AvgIpc) is 2.99. The summed E-state index contributed by atoms with van der Waals surface area (Å²) in [5.74, 6) is -0.0868. The molecule has 9 nitrogen and oxygen atoms in total. The van der Waals surface area contributed by atoms with Crippen molar-refractivity contribution in [3.63, 3.8) is 0 Å². The molecule has 4 rings (SSSR count). The molecule has 1 aromatic carbocycles. The number of nitrogens with zero attached hydrogens (tertiary/aromatic N) is 2. The molecular formula is C18H17N3O6S2. The Morgan fingerprint density at radius 3 is 2.38 bits per heavy atom. The number of nitro benzene ring substituents is 1. The van der Waals surface area contributed by atoms with E-state index < -0.39 is 32.1 Å². The van der Waals surface area contributed by atoms with Gasteiger partial charge in [0.25, 0.3) is 11.2 Å². The Morgan fingerprint density at radius 2 is 1.79 bits per heavy atom. The quantitative estimate of drug-likeness (QED) is 0.496. The predicted molar refractivity (Wildman–Crippen MR) is 110 cm³/mol. The zero-order valence-corrected chi connectivity index (χ0v) is 17.0. The van der Waals surface area contributed by atoms with Crippen molar-refractivity contribution in [1.82, 2.24) is 9.55 Å². The molecule has 1 aliphatic heterocycles. The van der Waals surface area contributed by atoms with Crippen LogP contribution in [0.15, 0.2) is 33.9 Å². The summed E-state index contributed by atoms with van der Waals surface area (Å²) in [6, 6.07) is 5.55. The molecule has 29 heavy (non-hydrogen) atoms. The molecule has 3 aromatic rings. The van der Waals surface area contributed by atoms with Crippen molar-refractivity contribution in [2.24, 2.45) is 0 Å². The van der Waals surface area contributed by atoms with Gasteiger partial charge in [-0.25, -0.2) is 13.2 Å². The first-order chi connectivity index (χ1) is 13.7. The Bertz CT molecular complexity index is 1340. The number of sulfone groups is 1. The lowest BCUT2D eigenvalue weighted by atomic mass is 10.1. The van der Waals surface area contributed by atoms with Crippen LogP contribution in [0.4, 0.5) is 5.69 Å². The van der Waals surface area contributed by atoms with Gasteiger partial charge in [0, 0.05) is 23.1 Å². The minimum absolute atomic E-state index is 0.0319. The van der Waals surface area contributed by atoms with E-state index in [4.69, 9.17) is 0 Å². The highest BCUT2D eigenvalue weighted by atomic mass is 32.2. The minimum atomic E-state index is -3.12. The molecule has 0 unspecified atom stereocenters. The van der Waals surface area contributed by atoms with Crippen molar-refractivity contribution in [2.45, 2.75) is 25.8 Å². The molecule has 0 saturated carbocycles. The zero-order chi connectivity index (χ0) is 20.9. The number of nitro groups is 1. The van der Waals surface area contributed by atoms with E-state index >= 15 is 0 Å². The van der Waals surface area contributed by atoms with Crippen molar-refractivity contribution >= 4 is 37.1 Å². The maximum atomic E-state index is 13.1. The van der Waals surface area contributed by atoms with Crippen LogP contribution >= 0.6 is 11.3 Å². The van der Waals surface area contributed by atoms with Crippen LogP contribution in [0.5, 0.6) is 0 Å². The third kappa shape index (κ3) is 3.40. The van der Waals surface area contributed by atoms with E-state index in [1.807, 2.05) is 0 Å². The fraction of sp³-hybridized carbons (Fsp3) is 0.333. The molecule has 0 radical (unpaired) electrons. The molecule has 1 saturated heterocycles. The number of hydrogen-bond acceptors (Lipinski definition) is 7. The highest BCUT2D eigenvalue weighted by Crippen LogP contribution is 2.36. The molecule has 0 spiro atoms. The minimum Gasteiger partial charge on any atom is -0.298 e. The third-order valence-corrected chi connectivity index (χ3v) is 8.22. The second kappa shape index (κ2) is 6.92. The second-order valence-corrected chi connectivity index (χ2v) is 10.4. The van der Waals surface area contributed by atoms with Crippen LogP contribution in [0.3, 0.4) is 0 Å². The summed E-state index contributed by atoms with van der Waals surface area (Å²) >= 11 is 1.24. The fourth-order valence-corrected chi connectivity index (χ4v) is 6.37. The van der Waals surface area contributed by atoms with Crippen molar-refractivity contribution in [2.75, 3.05) is 11.5 Å². The largest absolute Gasteiger partial charge is 0.329 e. The van der Waals surface area contributed by atoms with Crippen LogP contribution < -0.4 is 11.2 Å². The zero-order valence-electron chi connectivity index (χ0n) is 15.4. The Morgan fingerprint density at radius 1 is 1.17 bits per heavy atom. The highest BCUT2D eigenvalue weighted by Gasteiger charge is 2.28. The number of H-pyrrole nitrogens is 1. The van der Waals surface area contributed by atoms with Gasteiger partial charge in [0.05, 0.1) is 21.8 Å². The Labute approximate surface area is 168 Å². The molecular weight excluding hydrogens is 418 g/mol. The van der Waals surface area contributed by atoms with E-state index in [1.54, 1.807) is 19.1 Å². The number of hydrogen-bond donors (Lipinski definition) is 1. The van der Waals surface area contributed by atoms with Crippen molar-refractivity contribution in [3.05, 3.63) is 60.8 Å². The number of aromatic nitrogens is 2. The number of rotatable bonds is 3. The van der Waals surface area contributed by atoms with Crippen molar-refractivity contribution in [3.8, 4) is 10.4 Å². The number of fused-ring (bicyclic) bond motifs is 1. The predicted octanol–water partition coefficient (Wildman–Crippen LogP) is 2.38. The van der Waals surface area contributed by atoms with Gasteiger partial charge in [0.2, 0.25) is 0 Å². The molecule has 1 aliphatic rings. The van der Waals surface area contributed by atoms with E-state index in [-0.39, 0.29) is 30.0 Å². The standard InChI is InChI=1S/C18H17N3O6S2/c1-10-14-16(28-15(10)11-2-4-13(5-3-11)21(24)25)19-18(23)20(17(14)22)12-6-8-29(26,27)9-7-12/h2-5,12H,6-9H2,1H3,(H,19,23). The van der Waals surface area contributed by atoms with Gasteiger partial charge in [-0.05, 0) is 43.0 Å². The third-order valence-electron chi connectivity index (χ3n) is 5.25. The fourth-order valence-electron chi connectivity index (χ4n) is 3.71. The lowest BCUT2D eigenvalue weighted by Gasteiger charge is -2.23. The SMILES string of the molecule is Cc1c(-c2ccc([N+](=O)[O-])cc2)sc2[nH]c(=O)n(C3CCS(=O)(=O)CC3)c(=O)c12. The van der Waals surface area contributed by atoms with Crippen LogP contribution in [0, 0.1) is 17.0 Å². The van der Waals surface area contributed by atoms with Crippen LogP contribution in [0.25, 0.3) is 20.7 Å². The highest BCUT2D eigenvalue weighted by molar-refractivity contribution is 7.91. The maximum Gasteiger partial charge on any atom is 0.329 e. The maximum absolute atomic E-state index is 13.1. The molecule has 0 amide bonds.